The molecule has 0 N–H and O–H groups in total. The molecule has 28 heavy (non-hydrogen) atoms. The molecule has 1 saturated heterocycles. The molecule has 5 rings (SSSR count). The molecular weight excluding hydrogens is 348 g/mol. The van der Waals surface area contributed by atoms with Gasteiger partial charge in [0.25, 0.3) is 0 Å². The number of hydrogen-bond acceptors (Lipinski definition) is 6. The van der Waals surface area contributed by atoms with Crippen LogP contribution in [-0.4, -0.2) is 40.4 Å². The van der Waals surface area contributed by atoms with Crippen LogP contribution in [0.1, 0.15) is 56.6 Å². The molecule has 0 spiro atoms. The van der Waals surface area contributed by atoms with Crippen LogP contribution in [0.25, 0.3) is 0 Å². The molecule has 146 valence electrons. The Morgan fingerprint density at radius 1 is 1.11 bits per heavy atom. The molecule has 0 bridgehead atoms. The average molecular weight is 377 g/mol. The molecule has 2 aromatic heterocycles. The highest BCUT2D eigenvalue weighted by molar-refractivity contribution is 6.11. The Kier molecular flexibility index (Phi) is 4.29. The number of anilines is 2. The van der Waals surface area contributed by atoms with Gasteiger partial charge < -0.3 is 9.80 Å². The maximum absolute atomic E-state index is 4.96. The highest BCUT2D eigenvalue weighted by Crippen LogP contribution is 2.35. The lowest BCUT2D eigenvalue weighted by Gasteiger charge is -2.39. The molecule has 6 nitrogen and oxygen atoms in total. The van der Waals surface area contributed by atoms with E-state index >= 15 is 0 Å². The molecule has 0 aromatic carbocycles. The van der Waals surface area contributed by atoms with E-state index in [1.165, 1.54) is 24.9 Å². The Hall–Kier alpha value is -2.50. The summed E-state index contributed by atoms with van der Waals surface area (Å²) in [6.07, 6.45) is 9.64. The molecule has 0 radical (unpaired) electrons. The van der Waals surface area contributed by atoms with Crippen molar-refractivity contribution in [3.05, 3.63) is 41.6 Å². The summed E-state index contributed by atoms with van der Waals surface area (Å²) in [5.41, 5.74) is 4.75. The van der Waals surface area contributed by atoms with Gasteiger partial charge >= 0.3 is 0 Å². The Morgan fingerprint density at radius 3 is 2.79 bits per heavy atom. The van der Waals surface area contributed by atoms with E-state index in [2.05, 4.69) is 34.7 Å². The molecule has 3 aliphatic heterocycles. The van der Waals surface area contributed by atoms with Crippen LogP contribution in [0.2, 0.25) is 0 Å². The number of aliphatic imine (C=N–C) groups is 1. The fourth-order valence-electron chi connectivity index (χ4n) is 4.55. The molecule has 2 aromatic rings. The van der Waals surface area contributed by atoms with Crippen molar-refractivity contribution in [2.75, 3.05) is 29.4 Å². The lowest BCUT2D eigenvalue weighted by Crippen LogP contribution is -2.39. The first kappa shape index (κ1) is 17.6. The van der Waals surface area contributed by atoms with E-state index in [0.29, 0.717) is 12.0 Å². The second-order valence-electron chi connectivity index (χ2n) is 8.54. The lowest BCUT2D eigenvalue weighted by atomic mass is 9.78. The minimum absolute atomic E-state index is 0.479. The number of amidine groups is 1. The van der Waals surface area contributed by atoms with Gasteiger partial charge in [-0.1, -0.05) is 20.3 Å². The predicted molar refractivity (Wildman–Crippen MR) is 112 cm³/mol. The molecule has 3 aliphatic rings. The second kappa shape index (κ2) is 6.83. The molecule has 0 amide bonds. The maximum Gasteiger partial charge on any atom is 0.156 e. The molecule has 5 heterocycles. The summed E-state index contributed by atoms with van der Waals surface area (Å²) in [6, 6.07) is 4.14. The van der Waals surface area contributed by atoms with Gasteiger partial charge in [0.1, 0.15) is 11.5 Å². The number of aryl methyl sites for hydroxylation is 1. The minimum Gasteiger partial charge on any atom is -0.355 e. The number of pyridine rings is 1. The van der Waals surface area contributed by atoms with Crippen LogP contribution < -0.4 is 9.80 Å². The number of nitrogens with zero attached hydrogens (tertiary/aromatic N) is 6. The normalized spacial score (nSPS) is 20.6. The molecule has 0 saturated carbocycles. The summed E-state index contributed by atoms with van der Waals surface area (Å²) in [6.45, 7) is 8.43. The summed E-state index contributed by atoms with van der Waals surface area (Å²) >= 11 is 0. The van der Waals surface area contributed by atoms with Gasteiger partial charge in [-0.3, -0.25) is 9.98 Å². The van der Waals surface area contributed by atoms with Gasteiger partial charge in [0.15, 0.2) is 5.84 Å². The molecular formula is C22H28N6. The highest BCUT2D eigenvalue weighted by atomic mass is 15.3. The summed E-state index contributed by atoms with van der Waals surface area (Å²) in [5.74, 6) is 1.97. The third-order valence-electron chi connectivity index (χ3n) is 6.78. The zero-order valence-electron chi connectivity index (χ0n) is 16.9. The summed E-state index contributed by atoms with van der Waals surface area (Å²) in [4.78, 5) is 23.8. The van der Waals surface area contributed by atoms with E-state index in [1.54, 1.807) is 0 Å². The quantitative estimate of drug-likeness (QED) is 0.801. The van der Waals surface area contributed by atoms with Crippen LogP contribution in [-0.2, 0) is 13.0 Å². The van der Waals surface area contributed by atoms with Crippen LogP contribution in [0.4, 0.5) is 11.5 Å². The van der Waals surface area contributed by atoms with E-state index in [-0.39, 0.29) is 0 Å². The van der Waals surface area contributed by atoms with Gasteiger partial charge in [-0.2, -0.15) is 0 Å². The summed E-state index contributed by atoms with van der Waals surface area (Å²) < 4.78 is 0. The monoisotopic (exact) mass is 376 g/mol. The zero-order chi connectivity index (χ0) is 19.1. The Morgan fingerprint density at radius 2 is 1.96 bits per heavy atom. The molecule has 6 heteroatoms. The third kappa shape index (κ3) is 2.95. The van der Waals surface area contributed by atoms with Crippen molar-refractivity contribution >= 4 is 17.3 Å². The van der Waals surface area contributed by atoms with Gasteiger partial charge in [-0.15, -0.1) is 0 Å². The molecule has 1 fully saturated rings. The van der Waals surface area contributed by atoms with Crippen molar-refractivity contribution < 1.29 is 0 Å². The first-order valence-electron chi connectivity index (χ1n) is 10.5. The highest BCUT2D eigenvalue weighted by Gasteiger charge is 2.31. The minimum atomic E-state index is 0.479. The third-order valence-corrected chi connectivity index (χ3v) is 6.78. The molecule has 0 atom stereocenters. The second-order valence-corrected chi connectivity index (χ2v) is 8.54. The van der Waals surface area contributed by atoms with Gasteiger partial charge in [0.2, 0.25) is 0 Å². The Labute approximate surface area is 166 Å². The summed E-state index contributed by atoms with van der Waals surface area (Å²) in [7, 11) is 0. The van der Waals surface area contributed by atoms with E-state index in [1.807, 2.05) is 18.5 Å². The number of rotatable bonds is 2. The number of fused-ring (bicyclic) bond motifs is 2. The fourth-order valence-corrected chi connectivity index (χ4v) is 4.55. The van der Waals surface area contributed by atoms with Crippen LogP contribution in [0, 0.1) is 5.41 Å². The molecule has 0 aliphatic carbocycles. The van der Waals surface area contributed by atoms with E-state index in [0.717, 1.165) is 61.2 Å². The lowest BCUT2D eigenvalue weighted by molar-refractivity contribution is 0.237. The SMILES string of the molecule is CCC1(C)CCN(c2cnc3c(n2)CN=C3N2CCCc3ncccc32)CC1. The van der Waals surface area contributed by atoms with E-state index < -0.39 is 0 Å². The topological polar surface area (TPSA) is 57.5 Å². The first-order valence-corrected chi connectivity index (χ1v) is 10.5. The van der Waals surface area contributed by atoms with Gasteiger partial charge in [0.05, 0.1) is 29.8 Å². The predicted octanol–water partition coefficient (Wildman–Crippen LogP) is 3.60. The van der Waals surface area contributed by atoms with Gasteiger partial charge in [-0.05, 0) is 43.2 Å². The van der Waals surface area contributed by atoms with Crippen LogP contribution in [0.15, 0.2) is 29.5 Å². The Bertz CT molecular complexity index is 913. The smallest absolute Gasteiger partial charge is 0.156 e. The van der Waals surface area contributed by atoms with Crippen molar-refractivity contribution in [2.24, 2.45) is 10.4 Å². The van der Waals surface area contributed by atoms with Crippen molar-refractivity contribution in [3.8, 4) is 0 Å². The summed E-state index contributed by atoms with van der Waals surface area (Å²) in [5, 5.41) is 0. The fraction of sp³-hybridized carbons (Fsp3) is 0.545. The zero-order valence-corrected chi connectivity index (χ0v) is 16.9. The van der Waals surface area contributed by atoms with Crippen molar-refractivity contribution in [1.82, 2.24) is 15.0 Å². The van der Waals surface area contributed by atoms with Crippen LogP contribution >= 0.6 is 0 Å². The van der Waals surface area contributed by atoms with Crippen LogP contribution in [0.5, 0.6) is 0 Å². The number of aromatic nitrogens is 3. The van der Waals surface area contributed by atoms with Crippen molar-refractivity contribution in [1.29, 1.82) is 0 Å². The van der Waals surface area contributed by atoms with Crippen LogP contribution in [0.3, 0.4) is 0 Å². The van der Waals surface area contributed by atoms with Gasteiger partial charge in [0, 0.05) is 25.8 Å². The first-order chi connectivity index (χ1) is 13.7. The van der Waals surface area contributed by atoms with Gasteiger partial charge in [-0.25, -0.2) is 9.97 Å². The maximum atomic E-state index is 4.96. The number of piperidine rings is 1. The van der Waals surface area contributed by atoms with Crippen molar-refractivity contribution in [2.45, 2.75) is 52.5 Å². The van der Waals surface area contributed by atoms with Crippen molar-refractivity contribution in [3.63, 3.8) is 0 Å². The van der Waals surface area contributed by atoms with E-state index in [9.17, 15) is 0 Å². The standard InChI is InChI=1S/C22H28N6/c1-3-22(2)8-12-27(13-9-22)19-15-24-20-17(26-19)14-25-21(20)28-11-5-6-16-18(28)7-4-10-23-16/h4,7,10,15H,3,5-6,8-9,11-14H2,1-2H3. The number of hydrogen-bond donors (Lipinski definition) is 0. The average Bonchev–Trinajstić information content (AvgIpc) is 3.17. The molecule has 0 unspecified atom stereocenters. The Balaban J connectivity index is 1.38. The van der Waals surface area contributed by atoms with E-state index in [4.69, 9.17) is 15.0 Å². The largest absolute Gasteiger partial charge is 0.355 e.